The van der Waals surface area contributed by atoms with Crippen LogP contribution in [0.25, 0.3) is 0 Å². The molecule has 0 aliphatic carbocycles. The van der Waals surface area contributed by atoms with Gasteiger partial charge >= 0.3 is 5.97 Å². The van der Waals surface area contributed by atoms with Crippen molar-refractivity contribution in [1.82, 2.24) is 16.0 Å². The summed E-state index contributed by atoms with van der Waals surface area (Å²) in [6, 6.07) is -3.25. The summed E-state index contributed by atoms with van der Waals surface area (Å²) >= 11 is 10.6. The fourth-order valence-corrected chi connectivity index (χ4v) is 13.1. The largest absolute Gasteiger partial charge is 0.453 e. The number of amides is 5. The van der Waals surface area contributed by atoms with Crippen molar-refractivity contribution in [1.29, 1.82) is 0 Å². The molecule has 0 aliphatic rings. The zero-order chi connectivity index (χ0) is 41.2. The van der Waals surface area contributed by atoms with Gasteiger partial charge in [-0.3, -0.25) is 28.8 Å². The van der Waals surface area contributed by atoms with E-state index < -0.39 is 99.4 Å². The minimum absolute atomic E-state index is 0.0225. The Morgan fingerprint density at radius 3 is 1.06 bits per heavy atom. The van der Waals surface area contributed by atoms with Gasteiger partial charge in [-0.05, 0) is 142 Å². The van der Waals surface area contributed by atoms with Gasteiger partial charge in [-0.1, -0.05) is 0 Å². The zero-order valence-corrected chi connectivity index (χ0v) is 40.8. The maximum Gasteiger partial charge on any atom is 0.303 e. The molecule has 0 bridgehead atoms. The highest BCUT2D eigenvalue weighted by Crippen LogP contribution is 2.39. The average Bonchev–Trinajstić information content (AvgIpc) is 3.11. The lowest BCUT2D eigenvalue weighted by Gasteiger charge is -2.24. The standard InChI is InChI=1S/C30H33I6N5O13/c1-9(54-10(2)48)26(49)40-24-20(33)16(29(52)39-13(7-46)8-47)19(32)17(23(24)36)30(53)41-25-21(34)14(27(50)37-11(3-42)4-43)18(31)15(22(25)35)28(51)38-12(5-44)6-45/h9,11-13,42-47H,3-8H2,1-2H3,(H,37,50)(H,38,51)(H,39,52)(H,40,49)(H,41,53)/t9-/m0/s1. The summed E-state index contributed by atoms with van der Waals surface area (Å²) in [6.07, 6.45) is -1.28. The number of ether oxygens (including phenoxy) is 1. The van der Waals surface area contributed by atoms with Crippen molar-refractivity contribution in [2.24, 2.45) is 0 Å². The first-order valence-corrected chi connectivity index (χ1v) is 21.6. The summed E-state index contributed by atoms with van der Waals surface area (Å²) in [5.41, 5.74) is -0.638. The highest BCUT2D eigenvalue weighted by Gasteiger charge is 2.34. The molecule has 1 atom stereocenters. The van der Waals surface area contributed by atoms with Gasteiger partial charge in [-0.15, -0.1) is 0 Å². The Balaban J connectivity index is 2.95. The second-order valence-corrected chi connectivity index (χ2v) is 17.4. The van der Waals surface area contributed by atoms with E-state index in [1.165, 1.54) is 6.92 Å². The van der Waals surface area contributed by atoms with E-state index in [0.717, 1.165) is 6.92 Å². The second-order valence-electron chi connectivity index (χ2n) is 10.9. The number of anilines is 2. The van der Waals surface area contributed by atoms with Crippen LogP contribution in [0.2, 0.25) is 0 Å². The third-order valence-corrected chi connectivity index (χ3v) is 13.5. The molecule has 2 rings (SSSR count). The molecule has 2 aromatic carbocycles. The average molecular weight is 1430 g/mol. The number of hydrogen-bond acceptors (Lipinski definition) is 13. The normalized spacial score (nSPS) is 11.7. The monoisotopic (exact) mass is 1430 g/mol. The van der Waals surface area contributed by atoms with Crippen molar-refractivity contribution in [2.75, 3.05) is 50.3 Å². The van der Waals surface area contributed by atoms with Crippen molar-refractivity contribution >= 4 is 182 Å². The third-order valence-electron chi connectivity index (χ3n) is 7.07. The molecule has 2 aromatic rings. The van der Waals surface area contributed by atoms with Gasteiger partial charge in [0.15, 0.2) is 6.10 Å². The lowest BCUT2D eigenvalue weighted by Crippen LogP contribution is -2.42. The molecule has 0 radical (unpaired) electrons. The van der Waals surface area contributed by atoms with Gasteiger partial charge in [-0.25, -0.2) is 0 Å². The van der Waals surface area contributed by atoms with E-state index in [1.54, 1.807) is 136 Å². The minimum atomic E-state index is -1.28. The summed E-state index contributed by atoms with van der Waals surface area (Å²) in [5.74, 6) is -4.91. The highest BCUT2D eigenvalue weighted by molar-refractivity contribution is 14.1. The summed E-state index contributed by atoms with van der Waals surface area (Å²) < 4.78 is 5.63. The van der Waals surface area contributed by atoms with Crippen molar-refractivity contribution in [2.45, 2.75) is 38.1 Å². The SMILES string of the molecule is CC(=O)O[C@@H](C)C(=O)Nc1c(I)c(C(=O)Nc2c(I)c(C(=O)NC(CO)CO)c(I)c(C(=O)NC(CO)CO)c2I)c(I)c(C(=O)NC(CO)CO)c1I. The van der Waals surface area contributed by atoms with Crippen LogP contribution in [0.3, 0.4) is 0 Å². The Kier molecular flexibility index (Phi) is 21.2. The van der Waals surface area contributed by atoms with Gasteiger partial charge in [0.2, 0.25) is 0 Å². The molecule has 0 spiro atoms. The van der Waals surface area contributed by atoms with Crippen molar-refractivity contribution in [3.8, 4) is 0 Å². The predicted molar refractivity (Wildman–Crippen MR) is 243 cm³/mol. The van der Waals surface area contributed by atoms with E-state index in [0.29, 0.717) is 0 Å². The number of halogens is 6. The molecule has 298 valence electrons. The lowest BCUT2D eigenvalue weighted by atomic mass is 10.0. The smallest absolute Gasteiger partial charge is 0.303 e. The van der Waals surface area contributed by atoms with E-state index >= 15 is 0 Å². The molecule has 0 saturated carbocycles. The first kappa shape index (κ1) is 49.5. The van der Waals surface area contributed by atoms with Gasteiger partial charge in [0.05, 0.1) is 106 Å². The van der Waals surface area contributed by atoms with Crippen LogP contribution < -0.4 is 26.6 Å². The molecule has 5 amide bonds. The summed E-state index contributed by atoms with van der Waals surface area (Å²) in [5, 5.41) is 70.3. The summed E-state index contributed by atoms with van der Waals surface area (Å²) in [7, 11) is 0. The van der Waals surface area contributed by atoms with E-state index in [4.69, 9.17) is 4.74 Å². The van der Waals surface area contributed by atoms with Gasteiger partial charge in [-0.2, -0.15) is 0 Å². The van der Waals surface area contributed by atoms with Crippen LogP contribution in [0.4, 0.5) is 11.4 Å². The Labute approximate surface area is 389 Å². The first-order chi connectivity index (χ1) is 25.3. The van der Waals surface area contributed by atoms with Crippen LogP contribution in [0, 0.1) is 21.4 Å². The number of hydrogen-bond donors (Lipinski definition) is 11. The molecule has 18 nitrogen and oxygen atoms in total. The Morgan fingerprint density at radius 2 is 0.778 bits per heavy atom. The van der Waals surface area contributed by atoms with Crippen molar-refractivity contribution in [3.05, 3.63) is 43.7 Å². The van der Waals surface area contributed by atoms with Crippen LogP contribution in [-0.4, -0.2) is 130 Å². The highest BCUT2D eigenvalue weighted by atomic mass is 127. The van der Waals surface area contributed by atoms with Crippen LogP contribution in [0.15, 0.2) is 0 Å². The third kappa shape index (κ3) is 12.2. The molecule has 0 saturated heterocycles. The quantitative estimate of drug-likeness (QED) is 0.0770. The summed E-state index contributed by atoms with van der Waals surface area (Å²) in [6.45, 7) is -1.32. The number of nitrogens with one attached hydrogen (secondary N) is 5. The fraction of sp³-hybridized carbons (Fsp3) is 0.400. The first-order valence-electron chi connectivity index (χ1n) is 15.1. The molecule has 24 heteroatoms. The maximum atomic E-state index is 14.4. The topological polar surface area (TPSA) is 293 Å². The number of benzene rings is 2. The lowest BCUT2D eigenvalue weighted by molar-refractivity contribution is -0.150. The van der Waals surface area contributed by atoms with Crippen LogP contribution in [0.1, 0.15) is 55.3 Å². The minimum Gasteiger partial charge on any atom is -0.453 e. The Morgan fingerprint density at radius 1 is 0.500 bits per heavy atom. The van der Waals surface area contributed by atoms with E-state index in [2.05, 4.69) is 26.6 Å². The number of esters is 1. The molecular weight excluding hydrogens is 1400 g/mol. The van der Waals surface area contributed by atoms with Gasteiger partial charge in [0, 0.05) is 14.1 Å². The number of aliphatic hydroxyl groups is 6. The zero-order valence-electron chi connectivity index (χ0n) is 27.9. The summed E-state index contributed by atoms with van der Waals surface area (Å²) in [4.78, 5) is 79.9. The van der Waals surface area contributed by atoms with Crippen molar-refractivity contribution in [3.63, 3.8) is 0 Å². The predicted octanol–water partition coefficient (Wildman–Crippen LogP) is 0.706. The number of carbonyl (C=O) groups is 6. The molecule has 0 aromatic heterocycles. The Hall–Kier alpha value is -0.600. The Bertz CT molecular complexity index is 1740. The number of rotatable bonds is 17. The number of carbonyl (C=O) groups excluding carboxylic acids is 6. The molecule has 54 heavy (non-hydrogen) atoms. The fourth-order valence-electron chi connectivity index (χ4n) is 4.27. The van der Waals surface area contributed by atoms with Crippen LogP contribution in [-0.2, 0) is 14.3 Å². The molecule has 11 N–H and O–H groups in total. The second kappa shape index (κ2) is 23.1. The van der Waals surface area contributed by atoms with Crippen LogP contribution in [0.5, 0.6) is 0 Å². The van der Waals surface area contributed by atoms with Gasteiger partial charge in [0.25, 0.3) is 29.5 Å². The maximum absolute atomic E-state index is 14.4. The molecule has 0 fully saturated rings. The van der Waals surface area contributed by atoms with E-state index in [9.17, 15) is 59.4 Å². The van der Waals surface area contributed by atoms with Crippen molar-refractivity contribution < 1.29 is 64.1 Å². The van der Waals surface area contributed by atoms with Crippen LogP contribution >= 0.6 is 136 Å². The van der Waals surface area contributed by atoms with Gasteiger partial charge < -0.3 is 62.0 Å². The van der Waals surface area contributed by atoms with E-state index in [-0.39, 0.29) is 55.0 Å². The molecule has 0 aliphatic heterocycles. The molecule has 0 heterocycles. The van der Waals surface area contributed by atoms with E-state index in [1.807, 2.05) is 0 Å². The number of aliphatic hydroxyl groups excluding tert-OH is 6. The molecule has 0 unspecified atom stereocenters. The van der Waals surface area contributed by atoms with Gasteiger partial charge in [0.1, 0.15) is 0 Å². The molecular formula is C30H33I6N5O13.